The zero-order valence-electron chi connectivity index (χ0n) is 10.7. The summed E-state index contributed by atoms with van der Waals surface area (Å²) in [6.45, 7) is 1.29. The van der Waals surface area contributed by atoms with Crippen molar-refractivity contribution in [2.75, 3.05) is 0 Å². The van der Waals surface area contributed by atoms with Gasteiger partial charge in [-0.25, -0.2) is 0 Å². The lowest BCUT2D eigenvalue weighted by molar-refractivity contribution is 0.1000. The Labute approximate surface area is 131 Å². The smallest absolute Gasteiger partial charge is 0.248 e. The maximum Gasteiger partial charge on any atom is 0.248 e. The SMILES string of the molecule is NC(=O)c1cccc(CNCc2cc(Br)ccc2Cl)c1. The van der Waals surface area contributed by atoms with Gasteiger partial charge in [-0.15, -0.1) is 0 Å². The van der Waals surface area contributed by atoms with E-state index in [9.17, 15) is 4.79 Å². The van der Waals surface area contributed by atoms with Gasteiger partial charge in [0.25, 0.3) is 0 Å². The minimum absolute atomic E-state index is 0.415. The average molecular weight is 354 g/mol. The largest absolute Gasteiger partial charge is 0.366 e. The Balaban J connectivity index is 1.97. The molecule has 2 aromatic rings. The van der Waals surface area contributed by atoms with Gasteiger partial charge in [0.05, 0.1) is 0 Å². The van der Waals surface area contributed by atoms with Gasteiger partial charge in [0.15, 0.2) is 0 Å². The normalized spacial score (nSPS) is 10.5. The number of halogens is 2. The molecule has 0 spiro atoms. The van der Waals surface area contributed by atoms with Crippen molar-refractivity contribution in [3.8, 4) is 0 Å². The van der Waals surface area contributed by atoms with E-state index in [-0.39, 0.29) is 0 Å². The van der Waals surface area contributed by atoms with Gasteiger partial charge in [-0.3, -0.25) is 4.79 Å². The fraction of sp³-hybridized carbons (Fsp3) is 0.133. The Morgan fingerprint density at radius 1 is 1.20 bits per heavy atom. The first-order chi connectivity index (χ1) is 9.56. The van der Waals surface area contributed by atoms with Crippen LogP contribution in [0.1, 0.15) is 21.5 Å². The van der Waals surface area contributed by atoms with Crippen LogP contribution >= 0.6 is 27.5 Å². The summed E-state index contributed by atoms with van der Waals surface area (Å²) >= 11 is 9.54. The molecule has 0 unspecified atom stereocenters. The third kappa shape index (κ3) is 4.07. The third-order valence-corrected chi connectivity index (χ3v) is 3.73. The highest BCUT2D eigenvalue weighted by atomic mass is 79.9. The average Bonchev–Trinajstić information content (AvgIpc) is 2.43. The Morgan fingerprint density at radius 3 is 2.75 bits per heavy atom. The van der Waals surface area contributed by atoms with Crippen LogP contribution in [0.4, 0.5) is 0 Å². The molecule has 0 heterocycles. The molecule has 3 N–H and O–H groups in total. The molecule has 0 aliphatic carbocycles. The maximum absolute atomic E-state index is 11.1. The molecule has 0 aromatic heterocycles. The Hall–Kier alpha value is -1.36. The van der Waals surface area contributed by atoms with Crippen molar-refractivity contribution in [3.63, 3.8) is 0 Å². The fourth-order valence-electron chi connectivity index (χ4n) is 1.85. The standard InChI is InChI=1S/C15H14BrClN2O/c16-13-4-5-14(17)12(7-13)9-19-8-10-2-1-3-11(6-10)15(18)20/h1-7,19H,8-9H2,(H2,18,20). The van der Waals surface area contributed by atoms with Crippen LogP contribution in [0.25, 0.3) is 0 Å². The van der Waals surface area contributed by atoms with Crippen LogP contribution in [0.2, 0.25) is 5.02 Å². The molecule has 0 saturated carbocycles. The highest BCUT2D eigenvalue weighted by molar-refractivity contribution is 9.10. The summed E-state index contributed by atoms with van der Waals surface area (Å²) in [6, 6.07) is 13.0. The first-order valence-electron chi connectivity index (χ1n) is 6.09. The third-order valence-electron chi connectivity index (χ3n) is 2.86. The number of rotatable bonds is 5. The van der Waals surface area contributed by atoms with Gasteiger partial charge in [0.1, 0.15) is 0 Å². The van der Waals surface area contributed by atoms with Crippen LogP contribution in [0.15, 0.2) is 46.9 Å². The minimum atomic E-state index is -0.415. The fourth-order valence-corrected chi connectivity index (χ4v) is 2.45. The van der Waals surface area contributed by atoms with Crippen molar-refractivity contribution in [1.82, 2.24) is 5.32 Å². The lowest BCUT2D eigenvalue weighted by Gasteiger charge is -2.08. The van der Waals surface area contributed by atoms with Gasteiger partial charge in [0.2, 0.25) is 5.91 Å². The highest BCUT2D eigenvalue weighted by Crippen LogP contribution is 2.20. The lowest BCUT2D eigenvalue weighted by Crippen LogP contribution is -2.15. The van der Waals surface area contributed by atoms with E-state index in [1.165, 1.54) is 0 Å². The Kier molecular flexibility index (Phi) is 5.17. The zero-order valence-corrected chi connectivity index (χ0v) is 13.0. The number of amides is 1. The molecule has 5 heteroatoms. The van der Waals surface area contributed by atoms with Gasteiger partial charge in [-0.05, 0) is 41.5 Å². The van der Waals surface area contributed by atoms with E-state index in [1.807, 2.05) is 30.3 Å². The molecular formula is C15H14BrClN2O. The van der Waals surface area contributed by atoms with Gasteiger partial charge in [-0.2, -0.15) is 0 Å². The first-order valence-corrected chi connectivity index (χ1v) is 7.27. The molecule has 2 rings (SSSR count). The molecule has 0 saturated heterocycles. The van der Waals surface area contributed by atoms with Crippen LogP contribution in [0.3, 0.4) is 0 Å². The topological polar surface area (TPSA) is 55.1 Å². The second-order valence-electron chi connectivity index (χ2n) is 4.40. The Morgan fingerprint density at radius 2 is 2.00 bits per heavy atom. The molecule has 20 heavy (non-hydrogen) atoms. The van der Waals surface area contributed by atoms with Crippen LogP contribution < -0.4 is 11.1 Å². The summed E-state index contributed by atoms with van der Waals surface area (Å²) in [5.41, 5.74) is 7.80. The second kappa shape index (κ2) is 6.88. The summed E-state index contributed by atoms with van der Waals surface area (Å²) in [7, 11) is 0. The van der Waals surface area contributed by atoms with Gasteiger partial charge >= 0.3 is 0 Å². The van der Waals surface area contributed by atoms with Crippen molar-refractivity contribution in [2.45, 2.75) is 13.1 Å². The number of nitrogens with two attached hydrogens (primary N) is 1. The summed E-state index contributed by atoms with van der Waals surface area (Å²) < 4.78 is 0.995. The lowest BCUT2D eigenvalue weighted by atomic mass is 10.1. The molecule has 1 amide bonds. The monoisotopic (exact) mass is 352 g/mol. The van der Waals surface area contributed by atoms with Gasteiger partial charge < -0.3 is 11.1 Å². The van der Waals surface area contributed by atoms with Crippen LogP contribution in [0.5, 0.6) is 0 Å². The van der Waals surface area contributed by atoms with Crippen LogP contribution in [-0.2, 0) is 13.1 Å². The summed E-state index contributed by atoms with van der Waals surface area (Å²) in [5.74, 6) is -0.415. The molecule has 3 nitrogen and oxygen atoms in total. The van der Waals surface area contributed by atoms with E-state index in [2.05, 4.69) is 21.2 Å². The number of carbonyl (C=O) groups is 1. The molecular weight excluding hydrogens is 340 g/mol. The molecule has 0 bridgehead atoms. The van der Waals surface area contributed by atoms with E-state index >= 15 is 0 Å². The predicted octanol–water partition coefficient (Wildman–Crippen LogP) is 3.49. The molecule has 104 valence electrons. The second-order valence-corrected chi connectivity index (χ2v) is 5.73. The van der Waals surface area contributed by atoms with Crippen LogP contribution in [0, 0.1) is 0 Å². The van der Waals surface area contributed by atoms with Crippen molar-refractivity contribution in [2.24, 2.45) is 5.73 Å². The van der Waals surface area contributed by atoms with E-state index < -0.39 is 5.91 Å². The Bertz CT molecular complexity index is 631. The quantitative estimate of drug-likeness (QED) is 0.864. The first kappa shape index (κ1) is 15.0. The number of nitrogens with one attached hydrogen (secondary N) is 1. The molecule has 0 atom stereocenters. The van der Waals surface area contributed by atoms with Crippen molar-refractivity contribution in [3.05, 3.63) is 68.7 Å². The molecule has 0 radical (unpaired) electrons. The van der Waals surface area contributed by atoms with Crippen LogP contribution in [-0.4, -0.2) is 5.91 Å². The van der Waals surface area contributed by atoms with Gasteiger partial charge in [-0.1, -0.05) is 39.7 Å². The van der Waals surface area contributed by atoms with Crippen molar-refractivity contribution in [1.29, 1.82) is 0 Å². The molecule has 0 fully saturated rings. The summed E-state index contributed by atoms with van der Waals surface area (Å²) in [4.78, 5) is 11.1. The maximum atomic E-state index is 11.1. The molecule has 0 aliphatic heterocycles. The van der Waals surface area contributed by atoms with E-state index in [1.54, 1.807) is 12.1 Å². The summed E-state index contributed by atoms with van der Waals surface area (Å²) in [6.07, 6.45) is 0. The zero-order chi connectivity index (χ0) is 14.5. The van der Waals surface area contributed by atoms with Crippen molar-refractivity contribution >= 4 is 33.4 Å². The predicted molar refractivity (Wildman–Crippen MR) is 84.7 cm³/mol. The highest BCUT2D eigenvalue weighted by Gasteiger charge is 2.03. The van der Waals surface area contributed by atoms with Crippen molar-refractivity contribution < 1.29 is 4.79 Å². The molecule has 0 aliphatic rings. The van der Waals surface area contributed by atoms with E-state index in [0.29, 0.717) is 18.7 Å². The number of benzene rings is 2. The summed E-state index contributed by atoms with van der Waals surface area (Å²) in [5, 5.41) is 4.02. The van der Waals surface area contributed by atoms with E-state index in [4.69, 9.17) is 17.3 Å². The number of hydrogen-bond donors (Lipinski definition) is 2. The number of hydrogen-bond acceptors (Lipinski definition) is 2. The number of carbonyl (C=O) groups excluding carboxylic acids is 1. The minimum Gasteiger partial charge on any atom is -0.366 e. The molecule has 2 aromatic carbocycles. The number of primary amides is 1. The van der Waals surface area contributed by atoms with E-state index in [0.717, 1.165) is 20.6 Å². The van der Waals surface area contributed by atoms with Gasteiger partial charge in [0, 0.05) is 28.1 Å².